The van der Waals surface area contributed by atoms with Crippen molar-refractivity contribution >= 4 is 35.2 Å². The summed E-state index contributed by atoms with van der Waals surface area (Å²) < 4.78 is 12.4. The van der Waals surface area contributed by atoms with E-state index in [1.54, 1.807) is 12.1 Å². The van der Waals surface area contributed by atoms with E-state index in [4.69, 9.17) is 9.47 Å². The minimum atomic E-state index is -0.895. The third-order valence-corrected chi connectivity index (χ3v) is 5.31. The van der Waals surface area contributed by atoms with E-state index in [2.05, 4.69) is 29.0 Å². The minimum absolute atomic E-state index is 0.202. The number of nitrogens with one attached hydrogen (secondary N) is 2. The van der Waals surface area contributed by atoms with Crippen molar-refractivity contribution in [2.45, 2.75) is 47.6 Å². The molecule has 2 rings (SSSR count). The number of ether oxygens (including phenoxy) is 2. The molecule has 0 aliphatic carbocycles. The molecule has 2 amide bonds. The molecule has 9 heteroatoms. The van der Waals surface area contributed by atoms with E-state index in [0.717, 1.165) is 29.9 Å². The Labute approximate surface area is 205 Å². The second-order valence-corrected chi connectivity index (χ2v) is 8.55. The molecule has 2 aromatic rings. The first-order valence-corrected chi connectivity index (χ1v) is 11.3. The van der Waals surface area contributed by atoms with E-state index < -0.39 is 18.5 Å². The van der Waals surface area contributed by atoms with E-state index in [1.165, 1.54) is 26.2 Å². The van der Waals surface area contributed by atoms with Crippen LogP contribution in [0.5, 0.6) is 5.75 Å². The fourth-order valence-electron chi connectivity index (χ4n) is 3.48. The van der Waals surface area contributed by atoms with Crippen molar-refractivity contribution in [3.8, 4) is 11.8 Å². The molecule has 0 unspecified atom stereocenters. The van der Waals surface area contributed by atoms with E-state index in [0.29, 0.717) is 23.0 Å². The van der Waals surface area contributed by atoms with Gasteiger partial charge in [-0.1, -0.05) is 13.8 Å². The lowest BCUT2D eigenvalue weighted by Gasteiger charge is -2.12. The Bertz CT molecular complexity index is 1170. The van der Waals surface area contributed by atoms with Gasteiger partial charge in [0.1, 0.15) is 17.4 Å². The normalized spacial score (nSPS) is 11.1. The van der Waals surface area contributed by atoms with Crippen molar-refractivity contribution in [2.24, 2.45) is 5.92 Å². The first-order valence-electron chi connectivity index (χ1n) is 11.3. The van der Waals surface area contributed by atoms with E-state index in [-0.39, 0.29) is 11.5 Å². The standard InChI is InChI=1S/C26H32N4O5/c1-16(2)9-10-30-17(3)11-20(18(30)4)12-21(14-27)26(33)35-15-25(32)29-23-13-22(28-19(5)31)7-8-24(23)34-6/h7-8,11-13,16H,9-10,15H2,1-6H3,(H,28,31)(H,29,32)/b21-12+. The van der Waals surface area contributed by atoms with Crippen LogP contribution in [0.15, 0.2) is 29.8 Å². The number of benzene rings is 1. The van der Waals surface area contributed by atoms with Gasteiger partial charge in [-0.3, -0.25) is 9.59 Å². The first-order chi connectivity index (χ1) is 16.5. The molecule has 1 heterocycles. The van der Waals surface area contributed by atoms with Crippen LogP contribution in [-0.4, -0.2) is 36.1 Å². The summed E-state index contributed by atoms with van der Waals surface area (Å²) in [6, 6.07) is 8.51. The quantitative estimate of drug-likeness (QED) is 0.298. The molecule has 9 nitrogen and oxygen atoms in total. The van der Waals surface area contributed by atoms with Crippen LogP contribution in [0.2, 0.25) is 0 Å². The lowest BCUT2D eigenvalue weighted by molar-refractivity contribution is -0.142. The van der Waals surface area contributed by atoms with Crippen LogP contribution in [0.1, 0.15) is 44.1 Å². The Kier molecular flexibility index (Phi) is 9.64. The van der Waals surface area contributed by atoms with Crippen LogP contribution in [-0.2, 0) is 25.7 Å². The van der Waals surface area contributed by atoms with Gasteiger partial charge in [-0.15, -0.1) is 0 Å². The maximum Gasteiger partial charge on any atom is 0.349 e. The molecular formula is C26H32N4O5. The molecule has 186 valence electrons. The van der Waals surface area contributed by atoms with Crippen molar-refractivity contribution in [2.75, 3.05) is 24.4 Å². The molecule has 0 aliphatic heterocycles. The Morgan fingerprint density at radius 3 is 2.49 bits per heavy atom. The van der Waals surface area contributed by atoms with Gasteiger partial charge >= 0.3 is 5.97 Å². The molecule has 0 fully saturated rings. The Hall–Kier alpha value is -4.06. The monoisotopic (exact) mass is 480 g/mol. The zero-order valence-corrected chi connectivity index (χ0v) is 21.0. The molecule has 0 aliphatic rings. The highest BCUT2D eigenvalue weighted by Crippen LogP contribution is 2.28. The molecule has 2 N–H and O–H groups in total. The van der Waals surface area contributed by atoms with Crippen molar-refractivity contribution in [3.05, 3.63) is 46.8 Å². The molecule has 0 spiro atoms. The molecule has 0 atom stereocenters. The second-order valence-electron chi connectivity index (χ2n) is 8.55. The van der Waals surface area contributed by atoms with E-state index in [9.17, 15) is 19.6 Å². The number of methoxy groups -OCH3 is 1. The summed E-state index contributed by atoms with van der Waals surface area (Å²) in [7, 11) is 1.44. The fraction of sp³-hybridized carbons (Fsp3) is 0.385. The van der Waals surface area contributed by atoms with Gasteiger partial charge in [0.05, 0.1) is 12.8 Å². The number of nitrogens with zero attached hydrogens (tertiary/aromatic N) is 2. The van der Waals surface area contributed by atoms with Crippen LogP contribution < -0.4 is 15.4 Å². The number of carbonyl (C=O) groups is 3. The molecule has 1 aromatic carbocycles. The number of hydrogen-bond acceptors (Lipinski definition) is 6. The molecule has 0 bridgehead atoms. The summed E-state index contributed by atoms with van der Waals surface area (Å²) in [5.74, 6) is -0.865. The fourth-order valence-corrected chi connectivity index (χ4v) is 3.48. The van der Waals surface area contributed by atoms with Gasteiger partial charge in [0, 0.05) is 30.5 Å². The maximum absolute atomic E-state index is 12.5. The lowest BCUT2D eigenvalue weighted by atomic mass is 10.1. The number of hydrogen-bond donors (Lipinski definition) is 2. The van der Waals surface area contributed by atoms with Crippen LogP contribution in [0, 0.1) is 31.1 Å². The first kappa shape index (κ1) is 27.2. The van der Waals surface area contributed by atoms with Crippen molar-refractivity contribution < 1.29 is 23.9 Å². The third-order valence-electron chi connectivity index (χ3n) is 5.31. The third kappa shape index (κ3) is 7.74. The molecule has 1 aromatic heterocycles. The molecular weight excluding hydrogens is 448 g/mol. The second kappa shape index (κ2) is 12.4. The van der Waals surface area contributed by atoms with Crippen LogP contribution in [0.25, 0.3) is 6.08 Å². The van der Waals surface area contributed by atoms with Crippen LogP contribution in [0.3, 0.4) is 0 Å². The smallest absolute Gasteiger partial charge is 0.349 e. The number of amides is 2. The molecule has 0 saturated heterocycles. The number of aromatic nitrogens is 1. The Balaban J connectivity index is 2.08. The number of anilines is 2. The molecule has 0 radical (unpaired) electrons. The topological polar surface area (TPSA) is 122 Å². The zero-order chi connectivity index (χ0) is 26.1. The maximum atomic E-state index is 12.5. The summed E-state index contributed by atoms with van der Waals surface area (Å²) in [6.45, 7) is 9.85. The Morgan fingerprint density at radius 2 is 1.89 bits per heavy atom. The minimum Gasteiger partial charge on any atom is -0.495 e. The summed E-state index contributed by atoms with van der Waals surface area (Å²) >= 11 is 0. The van der Waals surface area contributed by atoms with Gasteiger partial charge in [0.2, 0.25) is 5.91 Å². The predicted molar refractivity (Wildman–Crippen MR) is 134 cm³/mol. The van der Waals surface area contributed by atoms with Crippen molar-refractivity contribution in [1.82, 2.24) is 4.57 Å². The lowest BCUT2D eigenvalue weighted by Crippen LogP contribution is -2.22. The largest absolute Gasteiger partial charge is 0.495 e. The molecule has 0 saturated carbocycles. The number of aryl methyl sites for hydroxylation is 1. The number of carbonyl (C=O) groups excluding carboxylic acids is 3. The van der Waals surface area contributed by atoms with Gasteiger partial charge < -0.3 is 24.7 Å². The number of rotatable bonds is 10. The average molecular weight is 481 g/mol. The number of esters is 1. The van der Waals surface area contributed by atoms with Gasteiger partial charge in [0.25, 0.3) is 5.91 Å². The highest BCUT2D eigenvalue weighted by Gasteiger charge is 2.17. The van der Waals surface area contributed by atoms with Crippen LogP contribution >= 0.6 is 0 Å². The van der Waals surface area contributed by atoms with E-state index >= 15 is 0 Å². The van der Waals surface area contributed by atoms with Gasteiger partial charge in [-0.05, 0) is 62.1 Å². The molecule has 35 heavy (non-hydrogen) atoms. The van der Waals surface area contributed by atoms with Crippen LogP contribution in [0.4, 0.5) is 11.4 Å². The van der Waals surface area contributed by atoms with Gasteiger partial charge in [0.15, 0.2) is 6.61 Å². The van der Waals surface area contributed by atoms with Crippen molar-refractivity contribution in [3.63, 3.8) is 0 Å². The number of nitriles is 1. The van der Waals surface area contributed by atoms with Gasteiger partial charge in [-0.2, -0.15) is 5.26 Å². The predicted octanol–water partition coefficient (Wildman–Crippen LogP) is 4.21. The average Bonchev–Trinajstić information content (AvgIpc) is 3.06. The summed E-state index contributed by atoms with van der Waals surface area (Å²) in [6.07, 6.45) is 2.49. The highest BCUT2D eigenvalue weighted by atomic mass is 16.5. The summed E-state index contributed by atoms with van der Waals surface area (Å²) in [4.78, 5) is 36.1. The van der Waals surface area contributed by atoms with Gasteiger partial charge in [-0.25, -0.2) is 4.79 Å². The summed E-state index contributed by atoms with van der Waals surface area (Å²) in [5.41, 5.74) is 3.30. The van der Waals surface area contributed by atoms with E-state index in [1.807, 2.05) is 26.0 Å². The SMILES string of the molecule is COc1ccc(NC(C)=O)cc1NC(=O)COC(=O)/C(C#N)=C/c1cc(C)n(CCC(C)C)c1C. The van der Waals surface area contributed by atoms with Crippen molar-refractivity contribution in [1.29, 1.82) is 5.26 Å². The highest BCUT2D eigenvalue weighted by molar-refractivity contribution is 6.01. The summed E-state index contributed by atoms with van der Waals surface area (Å²) in [5, 5.41) is 14.7. The zero-order valence-electron chi connectivity index (χ0n) is 21.0. The Morgan fingerprint density at radius 1 is 1.17 bits per heavy atom.